The van der Waals surface area contributed by atoms with Gasteiger partial charge in [-0.2, -0.15) is 0 Å². The average molecular weight is 382 g/mol. The third kappa shape index (κ3) is 4.01. The second kappa shape index (κ2) is 7.76. The first-order valence-corrected chi connectivity index (χ1v) is 8.80. The van der Waals surface area contributed by atoms with Crippen LogP contribution >= 0.6 is 0 Å². The Labute approximate surface area is 161 Å². The average Bonchev–Trinajstić information content (AvgIpc) is 2.61. The number of aromatic nitrogens is 1. The maximum absolute atomic E-state index is 14.6. The monoisotopic (exact) mass is 382 g/mol. The highest BCUT2D eigenvalue weighted by atomic mass is 19.1. The van der Waals surface area contributed by atoms with Crippen molar-refractivity contribution in [2.75, 3.05) is 0 Å². The van der Waals surface area contributed by atoms with E-state index < -0.39 is 11.7 Å². The Morgan fingerprint density at radius 3 is 2.32 bits per heavy atom. The van der Waals surface area contributed by atoms with Crippen molar-refractivity contribution in [3.63, 3.8) is 0 Å². The Balaban J connectivity index is 1.80. The number of nitrogens with one attached hydrogen (secondary N) is 2. The molecule has 6 heteroatoms. The van der Waals surface area contributed by atoms with E-state index in [9.17, 15) is 18.4 Å². The highest BCUT2D eigenvalue weighted by molar-refractivity contribution is 5.94. The Kier molecular flexibility index (Phi) is 5.40. The molecule has 0 aliphatic carbocycles. The number of carbonyl (C=O) groups excluding carboxylic acids is 1. The van der Waals surface area contributed by atoms with Gasteiger partial charge in [0.05, 0.1) is 0 Å². The number of pyridine rings is 1. The number of rotatable bonds is 4. The number of hydrogen-bond donors (Lipinski definition) is 2. The summed E-state index contributed by atoms with van der Waals surface area (Å²) in [6.45, 7) is 5.31. The van der Waals surface area contributed by atoms with Gasteiger partial charge in [0.25, 0.3) is 11.5 Å². The fraction of sp³-hybridized carbons (Fsp3) is 0.182. The van der Waals surface area contributed by atoms with Crippen molar-refractivity contribution in [2.45, 2.75) is 27.3 Å². The van der Waals surface area contributed by atoms with Gasteiger partial charge in [-0.1, -0.05) is 12.1 Å². The van der Waals surface area contributed by atoms with E-state index in [0.29, 0.717) is 22.3 Å². The smallest absolute Gasteiger partial charge is 0.253 e. The molecule has 0 spiro atoms. The van der Waals surface area contributed by atoms with Gasteiger partial charge in [-0.3, -0.25) is 9.59 Å². The maximum Gasteiger partial charge on any atom is 0.253 e. The van der Waals surface area contributed by atoms with Gasteiger partial charge in [0.1, 0.15) is 11.6 Å². The molecule has 0 bridgehead atoms. The van der Waals surface area contributed by atoms with Crippen LogP contribution in [0.15, 0.2) is 47.3 Å². The van der Waals surface area contributed by atoms with Gasteiger partial charge in [-0.05, 0) is 67.8 Å². The number of benzene rings is 2. The van der Waals surface area contributed by atoms with E-state index in [1.165, 1.54) is 30.3 Å². The maximum atomic E-state index is 14.6. The van der Waals surface area contributed by atoms with E-state index in [-0.39, 0.29) is 23.5 Å². The number of H-pyrrole nitrogens is 1. The van der Waals surface area contributed by atoms with E-state index in [0.717, 1.165) is 17.3 Å². The molecule has 4 nitrogen and oxygen atoms in total. The number of carbonyl (C=O) groups is 1. The molecule has 0 aliphatic heterocycles. The molecule has 1 aromatic heterocycles. The molecular formula is C22H20F2N2O2. The summed E-state index contributed by atoms with van der Waals surface area (Å²) in [7, 11) is 0. The molecule has 0 radical (unpaired) electrons. The predicted molar refractivity (Wildman–Crippen MR) is 104 cm³/mol. The van der Waals surface area contributed by atoms with E-state index in [2.05, 4.69) is 10.3 Å². The van der Waals surface area contributed by atoms with Crippen LogP contribution in [0.25, 0.3) is 11.1 Å². The predicted octanol–water partition coefficient (Wildman–Crippen LogP) is 4.18. The van der Waals surface area contributed by atoms with Crippen LogP contribution in [0.4, 0.5) is 8.78 Å². The van der Waals surface area contributed by atoms with Crippen molar-refractivity contribution in [3.8, 4) is 11.1 Å². The standard InChI is InChI=1S/C22H20F2N2O2/c1-12-8-14(3)26-22(28)19(12)11-25-21(27)15-4-6-18(20(24)10-15)17-7-5-16(23)9-13(17)2/h4-10H,11H2,1-3H3,(H,25,27)(H,26,28). The Bertz CT molecular complexity index is 1120. The van der Waals surface area contributed by atoms with Crippen molar-refractivity contribution >= 4 is 5.91 Å². The first-order chi connectivity index (χ1) is 13.3. The Morgan fingerprint density at radius 1 is 0.964 bits per heavy atom. The summed E-state index contributed by atoms with van der Waals surface area (Å²) in [6, 6.07) is 10.1. The molecule has 144 valence electrons. The quantitative estimate of drug-likeness (QED) is 0.711. The van der Waals surface area contributed by atoms with Crippen molar-refractivity contribution in [2.24, 2.45) is 0 Å². The molecule has 3 rings (SSSR count). The van der Waals surface area contributed by atoms with Crippen LogP contribution in [0, 0.1) is 32.4 Å². The van der Waals surface area contributed by atoms with Crippen LogP contribution < -0.4 is 10.9 Å². The highest BCUT2D eigenvalue weighted by Crippen LogP contribution is 2.27. The van der Waals surface area contributed by atoms with Gasteiger partial charge in [-0.15, -0.1) is 0 Å². The molecule has 0 saturated carbocycles. The molecule has 0 atom stereocenters. The summed E-state index contributed by atoms with van der Waals surface area (Å²) in [5, 5.41) is 2.65. The van der Waals surface area contributed by atoms with E-state index in [1.807, 2.05) is 6.07 Å². The summed E-state index contributed by atoms with van der Waals surface area (Å²) in [4.78, 5) is 27.1. The number of aromatic amines is 1. The molecule has 2 aromatic carbocycles. The molecule has 3 aromatic rings. The number of hydrogen-bond acceptors (Lipinski definition) is 2. The topological polar surface area (TPSA) is 62.0 Å². The van der Waals surface area contributed by atoms with Crippen molar-refractivity contribution in [3.05, 3.63) is 92.4 Å². The molecule has 0 fully saturated rings. The zero-order valence-electron chi connectivity index (χ0n) is 15.8. The van der Waals surface area contributed by atoms with Crippen molar-refractivity contribution in [1.29, 1.82) is 0 Å². The zero-order chi connectivity index (χ0) is 20.4. The lowest BCUT2D eigenvalue weighted by Crippen LogP contribution is -2.28. The highest BCUT2D eigenvalue weighted by Gasteiger charge is 2.14. The Morgan fingerprint density at radius 2 is 1.68 bits per heavy atom. The van der Waals surface area contributed by atoms with Gasteiger partial charge in [0.15, 0.2) is 0 Å². The van der Waals surface area contributed by atoms with Gasteiger partial charge in [-0.25, -0.2) is 8.78 Å². The summed E-state index contributed by atoms with van der Waals surface area (Å²) in [6.07, 6.45) is 0. The molecule has 28 heavy (non-hydrogen) atoms. The van der Waals surface area contributed by atoms with E-state index in [1.54, 1.807) is 20.8 Å². The minimum Gasteiger partial charge on any atom is -0.348 e. The summed E-state index contributed by atoms with van der Waals surface area (Å²) in [5.74, 6) is -1.45. The minimum absolute atomic E-state index is 0.0424. The normalized spacial score (nSPS) is 10.8. The second-order valence-corrected chi connectivity index (χ2v) is 6.78. The number of halogens is 2. The molecular weight excluding hydrogens is 362 g/mol. The fourth-order valence-corrected chi connectivity index (χ4v) is 3.18. The van der Waals surface area contributed by atoms with Crippen molar-refractivity contribution < 1.29 is 13.6 Å². The number of amides is 1. The van der Waals surface area contributed by atoms with Crippen LogP contribution in [0.5, 0.6) is 0 Å². The van der Waals surface area contributed by atoms with Crippen LogP contribution in [0.2, 0.25) is 0 Å². The van der Waals surface area contributed by atoms with Gasteiger partial charge < -0.3 is 10.3 Å². The van der Waals surface area contributed by atoms with Gasteiger partial charge in [0, 0.05) is 28.9 Å². The third-order valence-corrected chi connectivity index (χ3v) is 4.63. The van der Waals surface area contributed by atoms with Gasteiger partial charge >= 0.3 is 0 Å². The lowest BCUT2D eigenvalue weighted by atomic mass is 9.98. The molecule has 0 saturated heterocycles. The third-order valence-electron chi connectivity index (χ3n) is 4.63. The first-order valence-electron chi connectivity index (χ1n) is 8.80. The Hall–Kier alpha value is -3.28. The second-order valence-electron chi connectivity index (χ2n) is 6.78. The summed E-state index contributed by atoms with van der Waals surface area (Å²) < 4.78 is 27.9. The SMILES string of the molecule is Cc1cc(C)c(CNC(=O)c2ccc(-c3ccc(F)cc3C)c(F)c2)c(=O)[nH]1. The van der Waals surface area contributed by atoms with Crippen LogP contribution in [0.3, 0.4) is 0 Å². The molecule has 2 N–H and O–H groups in total. The minimum atomic E-state index is -0.577. The lowest BCUT2D eigenvalue weighted by molar-refractivity contribution is 0.0950. The zero-order valence-corrected chi connectivity index (χ0v) is 15.8. The van der Waals surface area contributed by atoms with Crippen LogP contribution in [0.1, 0.15) is 32.7 Å². The molecule has 0 aliphatic rings. The molecule has 0 unspecified atom stereocenters. The van der Waals surface area contributed by atoms with Crippen molar-refractivity contribution in [1.82, 2.24) is 10.3 Å². The van der Waals surface area contributed by atoms with Crippen LogP contribution in [-0.4, -0.2) is 10.9 Å². The largest absolute Gasteiger partial charge is 0.348 e. The van der Waals surface area contributed by atoms with E-state index in [4.69, 9.17) is 0 Å². The molecule has 1 amide bonds. The van der Waals surface area contributed by atoms with Crippen LogP contribution in [-0.2, 0) is 6.54 Å². The lowest BCUT2D eigenvalue weighted by Gasteiger charge is -2.11. The van der Waals surface area contributed by atoms with E-state index >= 15 is 0 Å². The number of aryl methyl sites for hydroxylation is 3. The fourth-order valence-electron chi connectivity index (χ4n) is 3.18. The van der Waals surface area contributed by atoms with Gasteiger partial charge in [0.2, 0.25) is 0 Å². The summed E-state index contributed by atoms with van der Waals surface area (Å²) >= 11 is 0. The molecule has 1 heterocycles. The summed E-state index contributed by atoms with van der Waals surface area (Å²) in [5.41, 5.74) is 3.31. The first kappa shape index (κ1) is 19.5.